The Morgan fingerprint density at radius 2 is 2.25 bits per heavy atom. The number of nitrogens with zero attached hydrogens (tertiary/aromatic N) is 1. The van der Waals surface area contributed by atoms with Crippen LogP contribution in [0.2, 0.25) is 0 Å². The molecule has 1 fully saturated rings. The number of rotatable bonds is 3. The lowest BCUT2D eigenvalue weighted by atomic mass is 9.89. The molecule has 0 spiro atoms. The van der Waals surface area contributed by atoms with Gasteiger partial charge in [-0.2, -0.15) is 5.26 Å². The highest BCUT2D eigenvalue weighted by Gasteiger charge is 2.28. The summed E-state index contributed by atoms with van der Waals surface area (Å²) in [5.41, 5.74) is 1.71. The third-order valence-corrected chi connectivity index (χ3v) is 3.54. The molecule has 84 valence electrons. The molecule has 2 rings (SSSR count). The molecule has 1 aliphatic carbocycles. The summed E-state index contributed by atoms with van der Waals surface area (Å²) >= 11 is 3.38. The monoisotopic (exact) mass is 280 g/mol. The summed E-state index contributed by atoms with van der Waals surface area (Å²) in [5, 5.41) is 12.2. The van der Waals surface area contributed by atoms with Gasteiger partial charge in [-0.1, -0.05) is 0 Å². The molecule has 0 amide bonds. The largest absolute Gasteiger partial charge is 0.382 e. The highest BCUT2D eigenvalue weighted by molar-refractivity contribution is 9.10. The summed E-state index contributed by atoms with van der Waals surface area (Å²) in [7, 11) is 1.75. The summed E-state index contributed by atoms with van der Waals surface area (Å²) in [6.45, 7) is 0. The van der Waals surface area contributed by atoms with Crippen molar-refractivity contribution in [3.8, 4) is 6.07 Å². The topological polar surface area (TPSA) is 45.0 Å². The first-order valence-corrected chi connectivity index (χ1v) is 6.01. The van der Waals surface area contributed by atoms with Crippen molar-refractivity contribution in [3.63, 3.8) is 0 Å². The molecule has 1 aliphatic rings. The van der Waals surface area contributed by atoms with Crippen molar-refractivity contribution in [2.75, 3.05) is 12.4 Å². The Morgan fingerprint density at radius 3 is 2.81 bits per heavy atom. The molecule has 0 heterocycles. The maximum Gasteiger partial charge on any atom is 0.100 e. The molecule has 1 aromatic rings. The van der Waals surface area contributed by atoms with Gasteiger partial charge in [-0.15, -0.1) is 0 Å². The van der Waals surface area contributed by atoms with E-state index in [2.05, 4.69) is 27.3 Å². The molecule has 0 saturated heterocycles. The van der Waals surface area contributed by atoms with E-state index in [1.165, 1.54) is 0 Å². The summed E-state index contributed by atoms with van der Waals surface area (Å²) < 4.78 is 6.06. The van der Waals surface area contributed by atoms with E-state index in [0.717, 1.165) is 23.0 Å². The SMILES string of the molecule is COC1CC(Nc2ccc(C#N)c(Br)c2)C1. The summed E-state index contributed by atoms with van der Waals surface area (Å²) in [4.78, 5) is 0. The van der Waals surface area contributed by atoms with E-state index >= 15 is 0 Å². The van der Waals surface area contributed by atoms with Crippen molar-refractivity contribution in [1.82, 2.24) is 0 Å². The highest BCUT2D eigenvalue weighted by Crippen LogP contribution is 2.28. The van der Waals surface area contributed by atoms with Crippen molar-refractivity contribution in [2.24, 2.45) is 0 Å². The van der Waals surface area contributed by atoms with Crippen LogP contribution >= 0.6 is 15.9 Å². The molecular weight excluding hydrogens is 268 g/mol. The molecule has 0 bridgehead atoms. The average molecular weight is 281 g/mol. The minimum Gasteiger partial charge on any atom is -0.382 e. The Hall–Kier alpha value is -1.05. The van der Waals surface area contributed by atoms with E-state index in [-0.39, 0.29) is 0 Å². The predicted molar refractivity (Wildman–Crippen MR) is 66.3 cm³/mol. The summed E-state index contributed by atoms with van der Waals surface area (Å²) in [6.07, 6.45) is 2.50. The van der Waals surface area contributed by atoms with Crippen LogP contribution in [0.15, 0.2) is 22.7 Å². The molecule has 16 heavy (non-hydrogen) atoms. The van der Waals surface area contributed by atoms with Gasteiger partial charge in [-0.25, -0.2) is 0 Å². The summed E-state index contributed by atoms with van der Waals surface area (Å²) in [5.74, 6) is 0. The van der Waals surface area contributed by atoms with Crippen molar-refractivity contribution >= 4 is 21.6 Å². The number of methoxy groups -OCH3 is 1. The molecule has 4 heteroatoms. The van der Waals surface area contributed by atoms with E-state index in [1.807, 2.05) is 18.2 Å². The van der Waals surface area contributed by atoms with Crippen molar-refractivity contribution in [2.45, 2.75) is 25.0 Å². The number of hydrogen-bond acceptors (Lipinski definition) is 3. The molecule has 0 atom stereocenters. The maximum atomic E-state index is 8.80. The third kappa shape index (κ3) is 2.37. The number of halogens is 1. The normalized spacial score (nSPS) is 23.3. The second kappa shape index (κ2) is 4.86. The van der Waals surface area contributed by atoms with Crippen LogP contribution in [0.4, 0.5) is 5.69 Å². The zero-order chi connectivity index (χ0) is 11.5. The smallest absolute Gasteiger partial charge is 0.100 e. The average Bonchev–Trinajstić information content (AvgIpc) is 2.23. The first-order chi connectivity index (χ1) is 7.72. The fourth-order valence-electron chi connectivity index (χ4n) is 1.81. The van der Waals surface area contributed by atoms with Crippen molar-refractivity contribution < 1.29 is 4.74 Å². The minimum atomic E-state index is 0.402. The second-order valence-electron chi connectivity index (χ2n) is 3.98. The lowest BCUT2D eigenvalue weighted by molar-refractivity contribution is 0.0329. The van der Waals surface area contributed by atoms with Gasteiger partial charge in [0.2, 0.25) is 0 Å². The van der Waals surface area contributed by atoms with Gasteiger partial charge < -0.3 is 10.1 Å². The standard InChI is InChI=1S/C12H13BrN2O/c1-16-11-4-10(5-11)15-9-3-2-8(7-14)12(13)6-9/h2-3,6,10-11,15H,4-5H2,1H3. The molecule has 0 aliphatic heterocycles. The molecule has 0 aromatic heterocycles. The fraction of sp³-hybridized carbons (Fsp3) is 0.417. The second-order valence-corrected chi connectivity index (χ2v) is 4.83. The first kappa shape index (κ1) is 11.4. The molecular formula is C12H13BrN2O. The van der Waals surface area contributed by atoms with Gasteiger partial charge in [0, 0.05) is 23.3 Å². The Balaban J connectivity index is 1.96. The van der Waals surface area contributed by atoms with Gasteiger partial charge in [0.15, 0.2) is 0 Å². The van der Waals surface area contributed by atoms with Gasteiger partial charge in [0.1, 0.15) is 6.07 Å². The van der Waals surface area contributed by atoms with E-state index in [1.54, 1.807) is 7.11 Å². The molecule has 1 aromatic carbocycles. The lowest BCUT2D eigenvalue weighted by Gasteiger charge is -2.35. The van der Waals surface area contributed by atoms with Crippen LogP contribution in [0.25, 0.3) is 0 Å². The molecule has 0 radical (unpaired) electrons. The molecule has 1 N–H and O–H groups in total. The number of benzene rings is 1. The van der Waals surface area contributed by atoms with Gasteiger partial charge >= 0.3 is 0 Å². The minimum absolute atomic E-state index is 0.402. The Kier molecular flexibility index (Phi) is 3.47. The van der Waals surface area contributed by atoms with E-state index < -0.39 is 0 Å². The molecule has 3 nitrogen and oxygen atoms in total. The van der Waals surface area contributed by atoms with Gasteiger partial charge in [-0.3, -0.25) is 0 Å². The number of nitriles is 1. The van der Waals surface area contributed by atoms with Crippen molar-refractivity contribution in [1.29, 1.82) is 5.26 Å². The van der Waals surface area contributed by atoms with Crippen LogP contribution in [-0.4, -0.2) is 19.3 Å². The Bertz CT molecular complexity index is 422. The maximum absolute atomic E-state index is 8.80. The van der Waals surface area contributed by atoms with Crippen LogP contribution < -0.4 is 5.32 Å². The van der Waals surface area contributed by atoms with Crippen LogP contribution in [0, 0.1) is 11.3 Å². The first-order valence-electron chi connectivity index (χ1n) is 5.22. The van der Waals surface area contributed by atoms with Crippen LogP contribution in [0.3, 0.4) is 0 Å². The van der Waals surface area contributed by atoms with Gasteiger partial charge in [0.25, 0.3) is 0 Å². The van der Waals surface area contributed by atoms with Gasteiger partial charge in [0.05, 0.1) is 11.7 Å². The van der Waals surface area contributed by atoms with E-state index in [4.69, 9.17) is 10.00 Å². The van der Waals surface area contributed by atoms with Gasteiger partial charge in [-0.05, 0) is 47.0 Å². The number of ether oxygens (including phenoxy) is 1. The zero-order valence-corrected chi connectivity index (χ0v) is 10.6. The summed E-state index contributed by atoms with van der Waals surface area (Å²) in [6, 6.07) is 8.31. The Labute approximate surface area is 104 Å². The predicted octanol–water partition coefficient (Wildman–Crippen LogP) is 2.91. The number of anilines is 1. The highest BCUT2D eigenvalue weighted by atomic mass is 79.9. The van der Waals surface area contributed by atoms with Crippen molar-refractivity contribution in [3.05, 3.63) is 28.2 Å². The molecule has 1 saturated carbocycles. The number of nitrogens with one attached hydrogen (secondary N) is 1. The fourth-order valence-corrected chi connectivity index (χ4v) is 2.27. The number of hydrogen-bond donors (Lipinski definition) is 1. The zero-order valence-electron chi connectivity index (χ0n) is 9.03. The van der Waals surface area contributed by atoms with E-state index in [0.29, 0.717) is 17.7 Å². The van der Waals surface area contributed by atoms with Crippen LogP contribution in [-0.2, 0) is 4.74 Å². The third-order valence-electron chi connectivity index (χ3n) is 2.89. The lowest BCUT2D eigenvalue weighted by Crippen LogP contribution is -2.40. The molecule has 0 unspecified atom stereocenters. The van der Waals surface area contributed by atoms with Crippen LogP contribution in [0.5, 0.6) is 0 Å². The van der Waals surface area contributed by atoms with E-state index in [9.17, 15) is 0 Å². The van der Waals surface area contributed by atoms with Crippen LogP contribution in [0.1, 0.15) is 18.4 Å². The Morgan fingerprint density at radius 1 is 1.50 bits per heavy atom. The quantitative estimate of drug-likeness (QED) is 0.926.